The molecule has 0 aromatic carbocycles. The van der Waals surface area contributed by atoms with E-state index < -0.39 is 35.8 Å². The zero-order valence-corrected chi connectivity index (χ0v) is 16.0. The molecule has 28 heavy (non-hydrogen) atoms. The fourth-order valence-electron chi connectivity index (χ4n) is 2.74. The molecule has 1 aromatic rings. The lowest BCUT2D eigenvalue weighted by Crippen LogP contribution is -2.70. The third-order valence-electron chi connectivity index (χ3n) is 3.92. The van der Waals surface area contributed by atoms with Crippen molar-refractivity contribution < 1.29 is 29.1 Å². The highest BCUT2D eigenvalue weighted by molar-refractivity contribution is 8.00. The zero-order chi connectivity index (χ0) is 20.3. The summed E-state index contributed by atoms with van der Waals surface area (Å²) < 4.78 is 0. The van der Waals surface area contributed by atoms with Crippen LogP contribution in [0.5, 0.6) is 0 Å². The number of thiophene rings is 1. The molecule has 1 aromatic heterocycles. The first-order chi connectivity index (χ1) is 13.4. The van der Waals surface area contributed by atoms with Crippen LogP contribution in [0, 0.1) is 0 Å². The number of nitrogens with one attached hydrogen (secondary N) is 1. The topological polar surface area (TPSA) is 151 Å². The molecule has 1 saturated heterocycles. The first-order valence-corrected chi connectivity index (χ1v) is 9.98. The van der Waals surface area contributed by atoms with Crippen LogP contribution < -0.4 is 11.1 Å². The van der Waals surface area contributed by atoms with Gasteiger partial charge in [0.2, 0.25) is 5.91 Å². The maximum atomic E-state index is 12.5. The quantitative estimate of drug-likeness (QED) is 0.289. The van der Waals surface area contributed by atoms with Gasteiger partial charge in [-0.25, -0.2) is 4.79 Å². The van der Waals surface area contributed by atoms with Crippen molar-refractivity contribution in [2.24, 2.45) is 10.9 Å². The highest BCUT2D eigenvalue weighted by Crippen LogP contribution is 2.39. The molecule has 4 N–H and O–H groups in total. The number of carbonyl (C=O) groups is 4. The van der Waals surface area contributed by atoms with Gasteiger partial charge in [-0.05, 0) is 11.4 Å². The molecule has 0 unspecified atom stereocenters. The highest BCUT2D eigenvalue weighted by Gasteiger charge is 2.54. The Kier molecular flexibility index (Phi) is 5.99. The van der Waals surface area contributed by atoms with Gasteiger partial charge in [-0.2, -0.15) is 0 Å². The molecule has 3 rings (SSSR count). The number of hydrogen-bond donors (Lipinski definition) is 3. The molecule has 2 aliphatic rings. The monoisotopic (exact) mass is 424 g/mol. The number of carboxylic acids is 1. The summed E-state index contributed by atoms with van der Waals surface area (Å²) in [6.07, 6.45) is 1.31. The number of aliphatic carboxylic acids is 1. The standard InChI is InChI=1S/C16H16N4O6S2/c17-10(21)6-26-18-5-8-7-28-15-12(14(23)20(15)13(8)16(24)25)19-11(22)4-9-2-1-3-27-9/h1-3,5,12,15H,4,6-7H2,(H2,17,21)(H,19,22)(H,24,25)/b18-5+/t12-,15-/m1/s1. The van der Waals surface area contributed by atoms with E-state index in [9.17, 15) is 24.3 Å². The molecular formula is C16H16N4O6S2. The normalized spacial score (nSPS) is 21.3. The van der Waals surface area contributed by atoms with Crippen LogP contribution in [0.2, 0.25) is 0 Å². The van der Waals surface area contributed by atoms with Gasteiger partial charge in [-0.15, -0.1) is 23.1 Å². The average molecular weight is 424 g/mol. The van der Waals surface area contributed by atoms with Gasteiger partial charge in [0.15, 0.2) is 6.61 Å². The van der Waals surface area contributed by atoms with Crippen molar-refractivity contribution in [1.82, 2.24) is 10.2 Å². The third-order valence-corrected chi connectivity index (χ3v) is 6.10. The summed E-state index contributed by atoms with van der Waals surface area (Å²) in [5, 5.41) is 17.1. The van der Waals surface area contributed by atoms with E-state index in [0.717, 1.165) is 16.0 Å². The molecule has 12 heteroatoms. The number of fused-ring (bicyclic) bond motifs is 1. The number of primary amides is 1. The van der Waals surface area contributed by atoms with Gasteiger partial charge in [0.25, 0.3) is 11.8 Å². The second-order valence-corrected chi connectivity index (χ2v) is 8.00. The van der Waals surface area contributed by atoms with E-state index >= 15 is 0 Å². The van der Waals surface area contributed by atoms with Crippen LogP contribution in [0.15, 0.2) is 33.9 Å². The summed E-state index contributed by atoms with van der Waals surface area (Å²) in [5.41, 5.74) is 4.96. The van der Waals surface area contributed by atoms with Crippen LogP contribution in [-0.2, 0) is 30.4 Å². The van der Waals surface area contributed by atoms with Gasteiger partial charge < -0.3 is 21.0 Å². The number of amides is 3. The molecule has 10 nitrogen and oxygen atoms in total. The molecule has 3 heterocycles. The van der Waals surface area contributed by atoms with E-state index in [4.69, 9.17) is 5.73 Å². The lowest BCUT2D eigenvalue weighted by atomic mass is 10.0. The van der Waals surface area contributed by atoms with E-state index in [-0.39, 0.29) is 29.4 Å². The van der Waals surface area contributed by atoms with Crippen molar-refractivity contribution in [3.63, 3.8) is 0 Å². The van der Waals surface area contributed by atoms with E-state index in [2.05, 4.69) is 15.3 Å². The lowest BCUT2D eigenvalue weighted by molar-refractivity contribution is -0.150. The fourth-order valence-corrected chi connectivity index (χ4v) is 4.74. The summed E-state index contributed by atoms with van der Waals surface area (Å²) in [6.45, 7) is -0.442. The van der Waals surface area contributed by atoms with Crippen LogP contribution in [0.1, 0.15) is 4.88 Å². The van der Waals surface area contributed by atoms with Gasteiger partial charge >= 0.3 is 5.97 Å². The maximum Gasteiger partial charge on any atom is 0.353 e. The third kappa shape index (κ3) is 4.17. The van der Waals surface area contributed by atoms with Crippen molar-refractivity contribution in [3.05, 3.63) is 33.7 Å². The van der Waals surface area contributed by atoms with Gasteiger partial charge in [0.05, 0.1) is 12.6 Å². The molecule has 2 atom stereocenters. The second-order valence-electron chi connectivity index (χ2n) is 5.86. The van der Waals surface area contributed by atoms with Gasteiger partial charge in [-0.3, -0.25) is 19.3 Å². The van der Waals surface area contributed by atoms with Gasteiger partial charge in [0.1, 0.15) is 17.1 Å². The van der Waals surface area contributed by atoms with E-state index in [1.807, 2.05) is 17.5 Å². The van der Waals surface area contributed by atoms with Gasteiger partial charge in [0, 0.05) is 16.2 Å². The number of nitrogens with two attached hydrogens (primary N) is 1. The number of rotatable bonds is 8. The van der Waals surface area contributed by atoms with Crippen molar-refractivity contribution in [2.75, 3.05) is 12.4 Å². The van der Waals surface area contributed by atoms with E-state index in [0.29, 0.717) is 0 Å². The Labute approximate surface area is 167 Å². The number of hydrogen-bond acceptors (Lipinski definition) is 8. The Morgan fingerprint density at radius 2 is 2.25 bits per heavy atom. The van der Waals surface area contributed by atoms with Gasteiger partial charge in [-0.1, -0.05) is 11.2 Å². The van der Waals surface area contributed by atoms with Crippen LogP contribution in [0.3, 0.4) is 0 Å². The molecule has 148 valence electrons. The van der Waals surface area contributed by atoms with E-state index in [1.165, 1.54) is 23.1 Å². The second kappa shape index (κ2) is 8.44. The summed E-state index contributed by atoms with van der Waals surface area (Å²) in [7, 11) is 0. The Morgan fingerprint density at radius 1 is 1.46 bits per heavy atom. The maximum absolute atomic E-state index is 12.5. The van der Waals surface area contributed by atoms with Crippen LogP contribution >= 0.6 is 23.1 Å². The Balaban J connectivity index is 1.68. The van der Waals surface area contributed by atoms with Crippen LogP contribution in [0.4, 0.5) is 0 Å². The Hall–Kier alpha value is -2.86. The number of β-lactam (4-membered cyclic amide) rings is 1. The largest absolute Gasteiger partial charge is 0.477 e. The summed E-state index contributed by atoms with van der Waals surface area (Å²) in [4.78, 5) is 53.6. The zero-order valence-electron chi connectivity index (χ0n) is 14.4. The molecule has 0 spiro atoms. The average Bonchev–Trinajstić information content (AvgIpc) is 3.15. The predicted octanol–water partition coefficient (Wildman–Crippen LogP) is -0.483. The molecule has 0 radical (unpaired) electrons. The number of carbonyl (C=O) groups excluding carboxylic acids is 3. The van der Waals surface area contributed by atoms with Crippen molar-refractivity contribution in [2.45, 2.75) is 17.8 Å². The smallest absolute Gasteiger partial charge is 0.353 e. The SMILES string of the molecule is NC(=O)CO/N=C/C1=C(C(=O)O)N2C(=O)[C@@H](NC(=O)Cc3cccs3)[C@H]2SC1. The molecule has 2 aliphatic heterocycles. The van der Waals surface area contributed by atoms with Crippen molar-refractivity contribution in [3.8, 4) is 0 Å². The fraction of sp³-hybridized carbons (Fsp3) is 0.312. The predicted molar refractivity (Wildman–Crippen MR) is 101 cm³/mol. The van der Waals surface area contributed by atoms with Crippen LogP contribution in [0.25, 0.3) is 0 Å². The first kappa shape index (κ1) is 19.9. The van der Waals surface area contributed by atoms with Crippen molar-refractivity contribution >= 4 is 53.0 Å². The number of nitrogens with zero attached hydrogens (tertiary/aromatic N) is 2. The highest BCUT2D eigenvalue weighted by atomic mass is 32.2. The minimum Gasteiger partial charge on any atom is -0.477 e. The molecule has 0 saturated carbocycles. The lowest BCUT2D eigenvalue weighted by Gasteiger charge is -2.49. The molecule has 0 aliphatic carbocycles. The van der Waals surface area contributed by atoms with Crippen LogP contribution in [-0.4, -0.2) is 63.7 Å². The number of thioether (sulfide) groups is 1. The molecule has 0 bridgehead atoms. The minimum absolute atomic E-state index is 0.162. The molecule has 3 amide bonds. The number of carboxylic acid groups (broad SMARTS) is 1. The molecule has 1 fully saturated rings. The first-order valence-electron chi connectivity index (χ1n) is 8.05. The number of oxime groups is 1. The minimum atomic E-state index is -1.29. The van der Waals surface area contributed by atoms with Crippen molar-refractivity contribution in [1.29, 1.82) is 0 Å². The Bertz CT molecular complexity index is 866. The summed E-state index contributed by atoms with van der Waals surface area (Å²) in [6, 6.07) is 2.88. The summed E-state index contributed by atoms with van der Waals surface area (Å²) in [5.74, 6) is -2.57. The molecular weight excluding hydrogens is 408 g/mol. The van der Waals surface area contributed by atoms with E-state index in [1.54, 1.807) is 0 Å². The Morgan fingerprint density at radius 3 is 2.89 bits per heavy atom. The summed E-state index contributed by atoms with van der Waals surface area (Å²) >= 11 is 2.74.